The number of ether oxygens (including phenoxy) is 1. The van der Waals surface area contributed by atoms with Crippen molar-refractivity contribution in [1.82, 2.24) is 4.90 Å². The first-order chi connectivity index (χ1) is 8.39. The van der Waals surface area contributed by atoms with Crippen LogP contribution >= 0.6 is 0 Å². The molecule has 0 spiro atoms. The van der Waals surface area contributed by atoms with Crippen molar-refractivity contribution in [2.75, 3.05) is 6.54 Å². The van der Waals surface area contributed by atoms with Crippen molar-refractivity contribution in [2.45, 2.75) is 65.0 Å². The molecule has 2 atom stereocenters. The first-order valence-electron chi connectivity index (χ1n) is 6.84. The zero-order chi connectivity index (χ0) is 13.8. The summed E-state index contributed by atoms with van der Waals surface area (Å²) in [6.07, 6.45) is 4.21. The van der Waals surface area contributed by atoms with Crippen LogP contribution in [-0.4, -0.2) is 35.5 Å². The van der Waals surface area contributed by atoms with E-state index in [9.17, 15) is 9.59 Å². The van der Waals surface area contributed by atoms with Gasteiger partial charge in [-0.05, 0) is 39.0 Å². The van der Waals surface area contributed by atoms with E-state index < -0.39 is 5.60 Å². The number of carbonyl (C=O) groups excluding carboxylic acids is 2. The van der Waals surface area contributed by atoms with Crippen molar-refractivity contribution in [3.63, 3.8) is 0 Å². The molecule has 0 aliphatic carbocycles. The highest BCUT2D eigenvalue weighted by Crippen LogP contribution is 2.25. The number of hydrogen-bond donors (Lipinski definition) is 0. The minimum absolute atomic E-state index is 0.311. The van der Waals surface area contributed by atoms with Crippen molar-refractivity contribution in [2.24, 2.45) is 5.92 Å². The molecule has 0 radical (unpaired) electrons. The van der Waals surface area contributed by atoms with E-state index in [-0.39, 0.29) is 12.1 Å². The van der Waals surface area contributed by atoms with Gasteiger partial charge in [-0.15, -0.1) is 0 Å². The number of hydrogen-bond acceptors (Lipinski definition) is 3. The molecule has 1 aliphatic heterocycles. The molecule has 2 unspecified atom stereocenters. The Balaban J connectivity index is 2.56. The molecule has 1 saturated heterocycles. The van der Waals surface area contributed by atoms with Gasteiger partial charge in [-0.3, -0.25) is 4.90 Å². The molecule has 0 aromatic heterocycles. The number of rotatable bonds is 5. The van der Waals surface area contributed by atoms with Gasteiger partial charge in [-0.2, -0.15) is 0 Å². The Bertz CT molecular complexity index is 301. The van der Waals surface area contributed by atoms with Gasteiger partial charge < -0.3 is 9.53 Å². The van der Waals surface area contributed by atoms with E-state index in [0.717, 1.165) is 32.0 Å². The molecule has 0 bridgehead atoms. The maximum atomic E-state index is 12.1. The summed E-state index contributed by atoms with van der Waals surface area (Å²) in [6, 6.07) is -0.311. The molecular formula is C14H25NO3. The summed E-state index contributed by atoms with van der Waals surface area (Å²) in [6.45, 7) is 8.63. The quantitative estimate of drug-likeness (QED) is 0.709. The number of nitrogens with zero attached hydrogens (tertiary/aromatic N) is 1. The lowest BCUT2D eigenvalue weighted by molar-refractivity contribution is -0.111. The molecule has 1 fully saturated rings. The zero-order valence-corrected chi connectivity index (χ0v) is 11.9. The van der Waals surface area contributed by atoms with Gasteiger partial charge >= 0.3 is 6.09 Å². The predicted molar refractivity (Wildman–Crippen MR) is 70.4 cm³/mol. The average molecular weight is 255 g/mol. The van der Waals surface area contributed by atoms with Gasteiger partial charge in [0.05, 0.1) is 6.04 Å². The van der Waals surface area contributed by atoms with Crippen LogP contribution < -0.4 is 0 Å². The summed E-state index contributed by atoms with van der Waals surface area (Å²) in [7, 11) is 0. The second kappa shape index (κ2) is 6.21. The van der Waals surface area contributed by atoms with Crippen molar-refractivity contribution in [3.8, 4) is 0 Å². The standard InChI is InChI=1S/C14H25NO3/c1-5-6-7-14(3,4)18-13(17)15-9-11(2)8-12(15)10-16/h10-12H,5-9H2,1-4H3. The first-order valence-corrected chi connectivity index (χ1v) is 6.84. The van der Waals surface area contributed by atoms with Crippen LogP contribution in [0.5, 0.6) is 0 Å². The second-order valence-corrected chi connectivity index (χ2v) is 5.93. The largest absolute Gasteiger partial charge is 0.443 e. The summed E-state index contributed by atoms with van der Waals surface area (Å²) >= 11 is 0. The zero-order valence-electron chi connectivity index (χ0n) is 11.9. The maximum absolute atomic E-state index is 12.1. The Labute approximate surface area is 110 Å². The van der Waals surface area contributed by atoms with E-state index in [2.05, 4.69) is 6.92 Å². The van der Waals surface area contributed by atoms with Gasteiger partial charge in [-0.25, -0.2) is 4.79 Å². The summed E-state index contributed by atoms with van der Waals surface area (Å²) in [5.74, 6) is 0.367. The number of carbonyl (C=O) groups is 2. The minimum Gasteiger partial charge on any atom is -0.443 e. The molecule has 4 nitrogen and oxygen atoms in total. The molecule has 0 N–H and O–H groups in total. The van der Waals surface area contributed by atoms with Crippen molar-refractivity contribution in [1.29, 1.82) is 0 Å². The molecule has 0 saturated carbocycles. The lowest BCUT2D eigenvalue weighted by atomic mass is 10.0. The van der Waals surface area contributed by atoms with Gasteiger partial charge in [0, 0.05) is 6.54 Å². The SMILES string of the molecule is CCCCC(C)(C)OC(=O)N1CC(C)CC1C=O. The van der Waals surface area contributed by atoms with E-state index >= 15 is 0 Å². The molecule has 1 aliphatic rings. The first kappa shape index (κ1) is 15.0. The second-order valence-electron chi connectivity index (χ2n) is 5.93. The molecule has 1 rings (SSSR count). The number of unbranched alkanes of at least 4 members (excludes halogenated alkanes) is 1. The van der Waals surface area contributed by atoms with Crippen LogP contribution in [0.3, 0.4) is 0 Å². The smallest absolute Gasteiger partial charge is 0.410 e. The maximum Gasteiger partial charge on any atom is 0.410 e. The fourth-order valence-electron chi connectivity index (χ4n) is 2.37. The third-order valence-corrected chi connectivity index (χ3v) is 3.44. The minimum atomic E-state index is -0.452. The lowest BCUT2D eigenvalue weighted by Gasteiger charge is -2.29. The predicted octanol–water partition coefficient (Wildman–Crippen LogP) is 3.00. The molecule has 1 amide bonds. The summed E-state index contributed by atoms with van der Waals surface area (Å²) in [4.78, 5) is 24.6. The molecule has 104 valence electrons. The molecule has 1 heterocycles. The third-order valence-electron chi connectivity index (χ3n) is 3.44. The average Bonchev–Trinajstić information content (AvgIpc) is 2.67. The highest BCUT2D eigenvalue weighted by Gasteiger charge is 2.36. The Hall–Kier alpha value is -1.06. The van der Waals surface area contributed by atoms with E-state index in [4.69, 9.17) is 4.74 Å². The summed E-state index contributed by atoms with van der Waals surface area (Å²) in [5, 5.41) is 0. The number of aldehydes is 1. The molecular weight excluding hydrogens is 230 g/mol. The molecule has 4 heteroatoms. The Morgan fingerprint density at radius 3 is 2.72 bits per heavy atom. The lowest BCUT2D eigenvalue weighted by Crippen LogP contribution is -2.41. The van der Waals surface area contributed by atoms with Gasteiger partial charge in [-0.1, -0.05) is 20.3 Å². The molecule has 0 aromatic carbocycles. The fraction of sp³-hybridized carbons (Fsp3) is 0.857. The Morgan fingerprint density at radius 1 is 1.50 bits per heavy atom. The number of likely N-dealkylation sites (tertiary alicyclic amines) is 1. The van der Waals surface area contributed by atoms with Gasteiger partial charge in [0.15, 0.2) is 0 Å². The van der Waals surface area contributed by atoms with Crippen LogP contribution in [0.15, 0.2) is 0 Å². The molecule has 0 aromatic rings. The summed E-state index contributed by atoms with van der Waals surface area (Å²) < 4.78 is 5.53. The van der Waals surface area contributed by atoms with Crippen LogP contribution in [0.2, 0.25) is 0 Å². The highest BCUT2D eigenvalue weighted by molar-refractivity contribution is 5.74. The Morgan fingerprint density at radius 2 is 2.17 bits per heavy atom. The van der Waals surface area contributed by atoms with Crippen molar-refractivity contribution >= 4 is 12.4 Å². The van der Waals surface area contributed by atoms with Crippen LogP contribution in [0, 0.1) is 5.92 Å². The topological polar surface area (TPSA) is 46.6 Å². The van der Waals surface area contributed by atoms with E-state index in [1.807, 2.05) is 20.8 Å². The van der Waals surface area contributed by atoms with Crippen LogP contribution in [0.25, 0.3) is 0 Å². The normalized spacial score (nSPS) is 24.1. The highest BCUT2D eigenvalue weighted by atomic mass is 16.6. The third kappa shape index (κ3) is 4.00. The van der Waals surface area contributed by atoms with Crippen LogP contribution in [-0.2, 0) is 9.53 Å². The fourth-order valence-corrected chi connectivity index (χ4v) is 2.37. The van der Waals surface area contributed by atoms with Gasteiger partial charge in [0.25, 0.3) is 0 Å². The van der Waals surface area contributed by atoms with E-state index in [1.165, 1.54) is 0 Å². The Kier molecular flexibility index (Phi) is 5.17. The van der Waals surface area contributed by atoms with E-state index in [1.54, 1.807) is 4.90 Å². The monoisotopic (exact) mass is 255 g/mol. The van der Waals surface area contributed by atoms with Crippen LogP contribution in [0.1, 0.15) is 53.4 Å². The molecule has 18 heavy (non-hydrogen) atoms. The van der Waals surface area contributed by atoms with Crippen molar-refractivity contribution < 1.29 is 14.3 Å². The van der Waals surface area contributed by atoms with Crippen LogP contribution in [0.4, 0.5) is 4.79 Å². The van der Waals surface area contributed by atoms with Gasteiger partial charge in [0.1, 0.15) is 11.9 Å². The van der Waals surface area contributed by atoms with Gasteiger partial charge in [0.2, 0.25) is 0 Å². The summed E-state index contributed by atoms with van der Waals surface area (Å²) in [5.41, 5.74) is -0.452. The van der Waals surface area contributed by atoms with E-state index in [0.29, 0.717) is 12.5 Å². The van der Waals surface area contributed by atoms with Crippen molar-refractivity contribution in [3.05, 3.63) is 0 Å². The number of amides is 1.